The Morgan fingerprint density at radius 2 is 1.93 bits per heavy atom. The molecule has 1 aliphatic carbocycles. The lowest BCUT2D eigenvalue weighted by Gasteiger charge is -2.35. The zero-order chi connectivity index (χ0) is 18.4. The molecular formula is C23H21N3S. The van der Waals surface area contributed by atoms with Gasteiger partial charge in [0, 0.05) is 40.5 Å². The van der Waals surface area contributed by atoms with E-state index in [1.54, 1.807) is 0 Å². The van der Waals surface area contributed by atoms with Gasteiger partial charge in [0.1, 0.15) is 0 Å². The van der Waals surface area contributed by atoms with E-state index in [1.165, 1.54) is 38.9 Å². The SMILES string of the molecule is C=CCn1cc(C2NC(=S)NC3=C2CCc2ccccc23)c2ccccc21. The lowest BCUT2D eigenvalue weighted by atomic mass is 9.83. The standard InChI is InChI=1S/C23H21N3S/c1-2-13-26-14-19(17-9-5-6-10-20(17)26)22-18-12-11-15-7-3-4-8-16(15)21(18)24-23(27)25-22/h2-10,14,22H,1,11-13H2,(H2,24,25,27). The highest BCUT2D eigenvalue weighted by Gasteiger charge is 2.32. The van der Waals surface area contributed by atoms with Crippen LogP contribution in [0.4, 0.5) is 0 Å². The number of thiocarbonyl (C=S) groups is 1. The fourth-order valence-electron chi connectivity index (χ4n) is 4.41. The first-order valence-corrected chi connectivity index (χ1v) is 9.74. The van der Waals surface area contributed by atoms with Crippen LogP contribution in [-0.2, 0) is 13.0 Å². The largest absolute Gasteiger partial charge is 0.352 e. The number of nitrogens with one attached hydrogen (secondary N) is 2. The van der Waals surface area contributed by atoms with Crippen molar-refractivity contribution in [2.75, 3.05) is 0 Å². The molecule has 27 heavy (non-hydrogen) atoms. The summed E-state index contributed by atoms with van der Waals surface area (Å²) in [6.45, 7) is 4.71. The molecule has 5 rings (SSSR count). The van der Waals surface area contributed by atoms with Crippen LogP contribution in [0.1, 0.15) is 29.2 Å². The number of aryl methyl sites for hydroxylation is 1. The third-order valence-electron chi connectivity index (χ3n) is 5.59. The second kappa shape index (κ2) is 6.39. The molecule has 2 heterocycles. The molecule has 0 radical (unpaired) electrons. The quantitative estimate of drug-likeness (QED) is 0.516. The van der Waals surface area contributed by atoms with Crippen molar-refractivity contribution in [3.05, 3.63) is 89.6 Å². The van der Waals surface area contributed by atoms with Crippen molar-refractivity contribution in [1.29, 1.82) is 0 Å². The third-order valence-corrected chi connectivity index (χ3v) is 5.81. The van der Waals surface area contributed by atoms with Crippen LogP contribution < -0.4 is 10.6 Å². The Kier molecular flexibility index (Phi) is 3.87. The van der Waals surface area contributed by atoms with Gasteiger partial charge in [-0.1, -0.05) is 48.5 Å². The molecule has 0 fully saturated rings. The molecule has 0 amide bonds. The first kappa shape index (κ1) is 16.3. The summed E-state index contributed by atoms with van der Waals surface area (Å²) in [7, 11) is 0. The fraction of sp³-hybridized carbons (Fsp3) is 0.174. The first-order chi connectivity index (χ1) is 13.3. The number of aromatic nitrogens is 1. The highest BCUT2D eigenvalue weighted by atomic mass is 32.1. The zero-order valence-electron chi connectivity index (χ0n) is 15.0. The van der Waals surface area contributed by atoms with Gasteiger partial charge in [0.2, 0.25) is 0 Å². The second-order valence-electron chi connectivity index (χ2n) is 7.13. The van der Waals surface area contributed by atoms with Gasteiger partial charge in [0.25, 0.3) is 0 Å². The Morgan fingerprint density at radius 3 is 2.81 bits per heavy atom. The molecule has 4 heteroatoms. The first-order valence-electron chi connectivity index (χ1n) is 9.34. The van der Waals surface area contributed by atoms with Crippen molar-refractivity contribution >= 4 is 33.9 Å². The monoisotopic (exact) mass is 371 g/mol. The molecule has 2 N–H and O–H groups in total. The van der Waals surface area contributed by atoms with E-state index in [-0.39, 0.29) is 6.04 Å². The van der Waals surface area contributed by atoms with Crippen molar-refractivity contribution in [2.45, 2.75) is 25.4 Å². The third kappa shape index (κ3) is 2.60. The predicted molar refractivity (Wildman–Crippen MR) is 115 cm³/mol. The van der Waals surface area contributed by atoms with Gasteiger partial charge in [-0.05, 0) is 42.3 Å². The van der Waals surface area contributed by atoms with Gasteiger partial charge in [0.05, 0.1) is 6.04 Å². The highest BCUT2D eigenvalue weighted by Crippen LogP contribution is 2.41. The van der Waals surface area contributed by atoms with E-state index in [1.807, 2.05) is 6.08 Å². The summed E-state index contributed by atoms with van der Waals surface area (Å²) in [4.78, 5) is 0. The topological polar surface area (TPSA) is 29.0 Å². The molecule has 1 atom stereocenters. The second-order valence-corrected chi connectivity index (χ2v) is 7.54. The molecular weight excluding hydrogens is 350 g/mol. The smallest absolute Gasteiger partial charge is 0.171 e. The number of para-hydroxylation sites is 1. The van der Waals surface area contributed by atoms with Crippen molar-refractivity contribution in [3.63, 3.8) is 0 Å². The zero-order valence-corrected chi connectivity index (χ0v) is 15.9. The van der Waals surface area contributed by atoms with E-state index < -0.39 is 0 Å². The maximum atomic E-state index is 5.58. The van der Waals surface area contributed by atoms with Crippen LogP contribution in [0.25, 0.3) is 16.6 Å². The van der Waals surface area contributed by atoms with E-state index in [0.717, 1.165) is 19.4 Å². The molecule has 0 spiro atoms. The van der Waals surface area contributed by atoms with Crippen LogP contribution >= 0.6 is 12.2 Å². The van der Waals surface area contributed by atoms with E-state index >= 15 is 0 Å². The molecule has 1 unspecified atom stereocenters. The Morgan fingerprint density at radius 1 is 1.11 bits per heavy atom. The maximum Gasteiger partial charge on any atom is 0.171 e. The van der Waals surface area contributed by atoms with Crippen molar-refractivity contribution < 1.29 is 0 Å². The van der Waals surface area contributed by atoms with Crippen LogP contribution in [0, 0.1) is 0 Å². The number of fused-ring (bicyclic) bond motifs is 3. The number of hydrogen-bond acceptors (Lipinski definition) is 1. The van der Waals surface area contributed by atoms with Gasteiger partial charge in [-0.25, -0.2) is 0 Å². The van der Waals surface area contributed by atoms with Crippen LogP contribution in [0.2, 0.25) is 0 Å². The summed E-state index contributed by atoms with van der Waals surface area (Å²) < 4.78 is 2.27. The minimum atomic E-state index is 0.0954. The Labute approximate surface area is 164 Å². The van der Waals surface area contributed by atoms with E-state index in [4.69, 9.17) is 12.2 Å². The average Bonchev–Trinajstić information content (AvgIpc) is 3.06. The lowest BCUT2D eigenvalue weighted by molar-refractivity contribution is 0.667. The molecule has 0 bridgehead atoms. The van der Waals surface area contributed by atoms with Crippen molar-refractivity contribution in [1.82, 2.24) is 15.2 Å². The van der Waals surface area contributed by atoms with Gasteiger partial charge in [-0.2, -0.15) is 0 Å². The fourth-order valence-corrected chi connectivity index (χ4v) is 4.63. The van der Waals surface area contributed by atoms with E-state index in [0.29, 0.717) is 5.11 Å². The number of hydrogen-bond donors (Lipinski definition) is 2. The summed E-state index contributed by atoms with van der Waals surface area (Å²) >= 11 is 5.58. The van der Waals surface area contributed by atoms with Gasteiger partial charge >= 0.3 is 0 Å². The number of benzene rings is 2. The Bertz CT molecular complexity index is 1110. The van der Waals surface area contributed by atoms with Crippen LogP contribution in [0.5, 0.6) is 0 Å². The number of rotatable bonds is 3. The molecule has 2 aromatic carbocycles. The summed E-state index contributed by atoms with van der Waals surface area (Å²) in [5, 5.41) is 8.93. The van der Waals surface area contributed by atoms with Crippen LogP contribution in [0.3, 0.4) is 0 Å². The van der Waals surface area contributed by atoms with Crippen molar-refractivity contribution in [2.24, 2.45) is 0 Å². The number of allylic oxidation sites excluding steroid dienone is 1. The summed E-state index contributed by atoms with van der Waals surface area (Å²) in [6, 6.07) is 17.3. The Balaban J connectivity index is 1.71. The van der Waals surface area contributed by atoms with Crippen LogP contribution in [0.15, 0.2) is 73.0 Å². The minimum absolute atomic E-state index is 0.0954. The van der Waals surface area contributed by atoms with Gasteiger partial charge in [-0.15, -0.1) is 6.58 Å². The van der Waals surface area contributed by atoms with E-state index in [2.05, 4.69) is 76.5 Å². The molecule has 0 saturated heterocycles. The molecule has 1 aromatic heterocycles. The normalized spacial score (nSPS) is 18.5. The summed E-state index contributed by atoms with van der Waals surface area (Å²) in [5.41, 5.74) is 7.76. The maximum absolute atomic E-state index is 5.58. The van der Waals surface area contributed by atoms with Gasteiger partial charge in [-0.3, -0.25) is 0 Å². The molecule has 3 aromatic rings. The lowest BCUT2D eigenvalue weighted by Crippen LogP contribution is -2.44. The molecule has 0 saturated carbocycles. The molecule has 3 nitrogen and oxygen atoms in total. The highest BCUT2D eigenvalue weighted by molar-refractivity contribution is 7.80. The predicted octanol–water partition coefficient (Wildman–Crippen LogP) is 4.70. The molecule has 2 aliphatic rings. The minimum Gasteiger partial charge on any atom is -0.352 e. The Hall–Kier alpha value is -2.85. The molecule has 1 aliphatic heterocycles. The van der Waals surface area contributed by atoms with Crippen molar-refractivity contribution in [3.8, 4) is 0 Å². The summed E-state index contributed by atoms with van der Waals surface area (Å²) in [5.74, 6) is 0. The van der Waals surface area contributed by atoms with Gasteiger partial charge < -0.3 is 15.2 Å². The number of nitrogens with zero attached hydrogens (tertiary/aromatic N) is 1. The average molecular weight is 372 g/mol. The molecule has 134 valence electrons. The summed E-state index contributed by atoms with van der Waals surface area (Å²) in [6.07, 6.45) is 6.29. The van der Waals surface area contributed by atoms with Crippen LogP contribution in [-0.4, -0.2) is 9.68 Å². The van der Waals surface area contributed by atoms with Gasteiger partial charge in [0.15, 0.2) is 5.11 Å². The van der Waals surface area contributed by atoms with E-state index in [9.17, 15) is 0 Å².